The molecule has 1 atom stereocenters. The molecule has 26 heavy (non-hydrogen) atoms. The normalized spacial score (nSPS) is 16.6. The summed E-state index contributed by atoms with van der Waals surface area (Å²) < 4.78 is 1.62. The molecule has 1 aliphatic heterocycles. The van der Waals surface area contributed by atoms with Crippen LogP contribution in [0.25, 0.3) is 5.69 Å². The summed E-state index contributed by atoms with van der Waals surface area (Å²) in [5.41, 5.74) is 0.849. The van der Waals surface area contributed by atoms with Gasteiger partial charge in [0.15, 0.2) is 5.82 Å². The molecule has 1 aromatic carbocycles. The SMILES string of the molecule is O=C(NCc1nnnn1-c1ccccc1)C1CCCN1c1ncccn1. The van der Waals surface area contributed by atoms with Crippen molar-refractivity contribution in [2.75, 3.05) is 11.4 Å². The van der Waals surface area contributed by atoms with Gasteiger partial charge in [0, 0.05) is 18.9 Å². The van der Waals surface area contributed by atoms with Crippen LogP contribution in [-0.4, -0.2) is 48.7 Å². The van der Waals surface area contributed by atoms with E-state index in [1.54, 1.807) is 23.1 Å². The van der Waals surface area contributed by atoms with E-state index >= 15 is 0 Å². The largest absolute Gasteiger partial charge is 0.347 e. The first-order chi connectivity index (χ1) is 12.8. The maximum atomic E-state index is 12.7. The standard InChI is InChI=1S/C17H18N8O/c26-16(14-8-4-11-24(14)17-18-9-5-10-19-17)20-12-15-21-22-23-25(15)13-6-2-1-3-7-13/h1-3,5-7,9-10,14H,4,8,11-12H2,(H,20,26). The third-order valence-electron chi connectivity index (χ3n) is 4.32. The van der Waals surface area contributed by atoms with Crippen molar-refractivity contribution < 1.29 is 4.79 Å². The van der Waals surface area contributed by atoms with Gasteiger partial charge < -0.3 is 10.2 Å². The lowest BCUT2D eigenvalue weighted by Gasteiger charge is -2.23. The number of aromatic nitrogens is 6. The Morgan fingerprint density at radius 1 is 1.15 bits per heavy atom. The van der Waals surface area contributed by atoms with Crippen molar-refractivity contribution in [3.8, 4) is 5.69 Å². The van der Waals surface area contributed by atoms with Gasteiger partial charge in [0.25, 0.3) is 0 Å². The van der Waals surface area contributed by atoms with Gasteiger partial charge in [-0.1, -0.05) is 18.2 Å². The van der Waals surface area contributed by atoms with Gasteiger partial charge in [0.2, 0.25) is 11.9 Å². The number of carbonyl (C=O) groups excluding carboxylic acids is 1. The minimum absolute atomic E-state index is 0.0717. The maximum Gasteiger partial charge on any atom is 0.243 e. The van der Waals surface area contributed by atoms with E-state index in [0.29, 0.717) is 11.8 Å². The minimum atomic E-state index is -0.279. The molecule has 3 heterocycles. The first kappa shape index (κ1) is 16.1. The molecule has 0 spiro atoms. The summed E-state index contributed by atoms with van der Waals surface area (Å²) in [5, 5.41) is 14.7. The minimum Gasteiger partial charge on any atom is -0.347 e. The summed E-state index contributed by atoms with van der Waals surface area (Å²) >= 11 is 0. The van der Waals surface area contributed by atoms with Gasteiger partial charge in [-0.15, -0.1) is 5.10 Å². The van der Waals surface area contributed by atoms with E-state index in [2.05, 4.69) is 30.8 Å². The molecule has 0 aliphatic carbocycles. The van der Waals surface area contributed by atoms with Gasteiger partial charge in [-0.2, -0.15) is 4.68 Å². The Morgan fingerprint density at radius 2 is 1.96 bits per heavy atom. The predicted octanol–water partition coefficient (Wildman–Crippen LogP) is 0.737. The monoisotopic (exact) mass is 350 g/mol. The number of carbonyl (C=O) groups is 1. The Morgan fingerprint density at radius 3 is 2.77 bits per heavy atom. The van der Waals surface area contributed by atoms with Crippen LogP contribution < -0.4 is 10.2 Å². The third kappa shape index (κ3) is 3.23. The zero-order valence-corrected chi connectivity index (χ0v) is 14.1. The van der Waals surface area contributed by atoms with Crippen molar-refractivity contribution in [1.82, 2.24) is 35.5 Å². The lowest BCUT2D eigenvalue weighted by molar-refractivity contribution is -0.122. The molecule has 1 aliphatic rings. The molecule has 4 rings (SSSR count). The van der Waals surface area contributed by atoms with Crippen LogP contribution in [0.3, 0.4) is 0 Å². The lowest BCUT2D eigenvalue weighted by atomic mass is 10.2. The fourth-order valence-electron chi connectivity index (χ4n) is 3.09. The molecule has 1 saturated heterocycles. The van der Waals surface area contributed by atoms with Crippen molar-refractivity contribution in [3.63, 3.8) is 0 Å². The zero-order valence-electron chi connectivity index (χ0n) is 14.1. The molecular weight excluding hydrogens is 332 g/mol. The molecule has 0 saturated carbocycles. The Bertz CT molecular complexity index is 867. The number of hydrogen-bond donors (Lipinski definition) is 1. The van der Waals surface area contributed by atoms with E-state index in [-0.39, 0.29) is 18.5 Å². The molecule has 0 radical (unpaired) electrons. The highest BCUT2D eigenvalue weighted by Crippen LogP contribution is 2.22. The number of nitrogens with one attached hydrogen (secondary N) is 1. The second-order valence-corrected chi connectivity index (χ2v) is 5.96. The molecule has 0 bridgehead atoms. The first-order valence-electron chi connectivity index (χ1n) is 8.47. The molecule has 9 heteroatoms. The smallest absolute Gasteiger partial charge is 0.243 e. The number of hydrogen-bond acceptors (Lipinski definition) is 7. The van der Waals surface area contributed by atoms with Gasteiger partial charge in [-0.05, 0) is 41.5 Å². The number of benzene rings is 1. The van der Waals surface area contributed by atoms with Gasteiger partial charge in [0.05, 0.1) is 12.2 Å². The Labute approximate surface area is 150 Å². The summed E-state index contributed by atoms with van der Waals surface area (Å²) in [6.07, 6.45) is 5.07. The van der Waals surface area contributed by atoms with Crippen LogP contribution in [0.1, 0.15) is 18.7 Å². The number of para-hydroxylation sites is 1. The van der Waals surface area contributed by atoms with Crippen LogP contribution >= 0.6 is 0 Å². The lowest BCUT2D eigenvalue weighted by Crippen LogP contribution is -2.44. The summed E-state index contributed by atoms with van der Waals surface area (Å²) in [5.74, 6) is 1.09. The van der Waals surface area contributed by atoms with E-state index in [9.17, 15) is 4.79 Å². The van der Waals surface area contributed by atoms with E-state index in [4.69, 9.17) is 0 Å². The molecule has 3 aromatic rings. The van der Waals surface area contributed by atoms with Gasteiger partial charge in [0.1, 0.15) is 6.04 Å². The van der Waals surface area contributed by atoms with Crippen LogP contribution in [0.5, 0.6) is 0 Å². The van der Waals surface area contributed by atoms with Crippen molar-refractivity contribution in [2.24, 2.45) is 0 Å². The number of tetrazole rings is 1. The summed E-state index contributed by atoms with van der Waals surface area (Å²) in [6.45, 7) is 1.02. The molecule has 2 aromatic heterocycles. The van der Waals surface area contributed by atoms with Crippen LogP contribution in [0.4, 0.5) is 5.95 Å². The summed E-state index contributed by atoms with van der Waals surface area (Å²) in [4.78, 5) is 23.1. The second kappa shape index (κ2) is 7.26. The van der Waals surface area contributed by atoms with E-state index in [1.165, 1.54) is 0 Å². The van der Waals surface area contributed by atoms with Crippen LogP contribution in [-0.2, 0) is 11.3 Å². The summed E-state index contributed by atoms with van der Waals surface area (Å²) in [7, 11) is 0. The molecular formula is C17H18N8O. The van der Waals surface area contributed by atoms with Crippen molar-refractivity contribution in [2.45, 2.75) is 25.4 Å². The number of anilines is 1. The molecule has 9 nitrogen and oxygen atoms in total. The van der Waals surface area contributed by atoms with Gasteiger partial charge in [-0.25, -0.2) is 9.97 Å². The second-order valence-electron chi connectivity index (χ2n) is 5.96. The van der Waals surface area contributed by atoms with Gasteiger partial charge >= 0.3 is 0 Å². The van der Waals surface area contributed by atoms with Crippen LogP contribution in [0.15, 0.2) is 48.8 Å². The average Bonchev–Trinajstić information content (AvgIpc) is 3.37. The average molecular weight is 350 g/mol. The zero-order chi connectivity index (χ0) is 17.8. The summed E-state index contributed by atoms with van der Waals surface area (Å²) in [6, 6.07) is 11.1. The molecule has 1 fully saturated rings. The first-order valence-corrected chi connectivity index (χ1v) is 8.47. The topological polar surface area (TPSA) is 102 Å². The number of rotatable bonds is 5. The number of nitrogens with zero attached hydrogens (tertiary/aromatic N) is 7. The fourth-order valence-corrected chi connectivity index (χ4v) is 3.09. The highest BCUT2D eigenvalue weighted by molar-refractivity contribution is 5.85. The van der Waals surface area contributed by atoms with E-state index < -0.39 is 0 Å². The van der Waals surface area contributed by atoms with Crippen molar-refractivity contribution >= 4 is 11.9 Å². The highest BCUT2D eigenvalue weighted by Gasteiger charge is 2.32. The van der Waals surface area contributed by atoms with Crippen molar-refractivity contribution in [1.29, 1.82) is 0 Å². The molecule has 1 N–H and O–H groups in total. The van der Waals surface area contributed by atoms with Gasteiger partial charge in [-0.3, -0.25) is 4.79 Å². The predicted molar refractivity (Wildman–Crippen MR) is 93.4 cm³/mol. The fraction of sp³-hybridized carbons (Fsp3) is 0.294. The molecule has 1 unspecified atom stereocenters. The van der Waals surface area contributed by atoms with E-state index in [0.717, 1.165) is 25.1 Å². The Kier molecular flexibility index (Phi) is 4.50. The molecule has 1 amide bonds. The highest BCUT2D eigenvalue weighted by atomic mass is 16.2. The molecule has 132 valence electrons. The van der Waals surface area contributed by atoms with Crippen LogP contribution in [0.2, 0.25) is 0 Å². The quantitative estimate of drug-likeness (QED) is 0.724. The van der Waals surface area contributed by atoms with Crippen LogP contribution in [0, 0.1) is 0 Å². The Hall–Kier alpha value is -3.36. The number of amides is 1. The third-order valence-corrected chi connectivity index (χ3v) is 4.32. The van der Waals surface area contributed by atoms with E-state index in [1.807, 2.05) is 35.2 Å². The van der Waals surface area contributed by atoms with Crippen molar-refractivity contribution in [3.05, 3.63) is 54.6 Å². The maximum absolute atomic E-state index is 12.7. The Balaban J connectivity index is 1.44.